The molecular formula is C28H40ClN3O5. The van der Waals surface area contributed by atoms with Crippen molar-refractivity contribution in [2.45, 2.75) is 71.1 Å². The molecule has 2 aliphatic rings. The normalized spacial score (nSPS) is 26.7. The summed E-state index contributed by atoms with van der Waals surface area (Å²) in [5, 5.41) is 24.6. The Balaban J connectivity index is 1.58. The lowest BCUT2D eigenvalue weighted by Gasteiger charge is -2.51. The van der Waals surface area contributed by atoms with Crippen molar-refractivity contribution in [2.24, 2.45) is 17.3 Å². The minimum atomic E-state index is -1.09. The van der Waals surface area contributed by atoms with Gasteiger partial charge in [0.1, 0.15) is 0 Å². The van der Waals surface area contributed by atoms with E-state index in [4.69, 9.17) is 11.6 Å². The van der Waals surface area contributed by atoms with Crippen molar-refractivity contribution in [3.05, 3.63) is 47.5 Å². The Morgan fingerprint density at radius 2 is 1.89 bits per heavy atom. The fourth-order valence-corrected chi connectivity index (χ4v) is 5.87. The van der Waals surface area contributed by atoms with Gasteiger partial charge in [0, 0.05) is 48.1 Å². The zero-order chi connectivity index (χ0) is 27.5. The van der Waals surface area contributed by atoms with E-state index in [1.807, 2.05) is 39.8 Å². The summed E-state index contributed by atoms with van der Waals surface area (Å²) in [7, 11) is 0. The van der Waals surface area contributed by atoms with E-state index in [2.05, 4.69) is 11.9 Å². The smallest absolute Gasteiger partial charge is 0.407 e. The van der Waals surface area contributed by atoms with Crippen LogP contribution in [0.15, 0.2) is 36.9 Å². The molecule has 1 saturated heterocycles. The largest absolute Gasteiger partial charge is 0.465 e. The predicted molar refractivity (Wildman–Crippen MR) is 143 cm³/mol. The molecule has 1 aliphatic carbocycles. The van der Waals surface area contributed by atoms with Crippen LogP contribution in [-0.4, -0.2) is 69.6 Å². The maximum absolute atomic E-state index is 13.4. The molecule has 0 radical (unpaired) electrons. The van der Waals surface area contributed by atoms with Crippen LogP contribution in [0.4, 0.5) is 4.79 Å². The lowest BCUT2D eigenvalue weighted by atomic mass is 9.66. The van der Waals surface area contributed by atoms with Crippen LogP contribution < -0.4 is 5.32 Å². The van der Waals surface area contributed by atoms with Crippen molar-refractivity contribution >= 4 is 29.5 Å². The van der Waals surface area contributed by atoms with Gasteiger partial charge in [0.05, 0.1) is 11.5 Å². The molecular weight excluding hydrogens is 494 g/mol. The van der Waals surface area contributed by atoms with Gasteiger partial charge in [-0.3, -0.25) is 9.59 Å². The number of nitrogens with zero attached hydrogens (tertiary/aromatic N) is 2. The number of nitrogens with one attached hydrogen (secondary N) is 1. The van der Waals surface area contributed by atoms with Gasteiger partial charge in [0.2, 0.25) is 11.8 Å². The molecule has 1 aromatic carbocycles. The summed E-state index contributed by atoms with van der Waals surface area (Å²) in [5.74, 6) is -0.944. The monoisotopic (exact) mass is 533 g/mol. The summed E-state index contributed by atoms with van der Waals surface area (Å²) >= 11 is 6.03. The van der Waals surface area contributed by atoms with Gasteiger partial charge in [-0.05, 0) is 50.3 Å². The van der Waals surface area contributed by atoms with Crippen LogP contribution in [0, 0.1) is 17.3 Å². The Hall–Kier alpha value is -2.58. The average molecular weight is 534 g/mol. The fourth-order valence-electron chi connectivity index (χ4n) is 5.74. The number of likely N-dealkylation sites (tertiary alicyclic amines) is 1. The molecule has 0 aromatic heterocycles. The molecule has 0 bridgehead atoms. The molecule has 2 fully saturated rings. The van der Waals surface area contributed by atoms with E-state index < -0.39 is 23.0 Å². The second-order valence-corrected chi connectivity index (χ2v) is 11.7. The summed E-state index contributed by atoms with van der Waals surface area (Å²) in [4.78, 5) is 41.0. The standard InChI is InChI=1S/C28H40ClN3O5/c1-6-14-32(26(35)36)23-12-7-20(16-23)24(33)30-19(3)18(2)25(34)31-15-13-28(37,27(4,5)17-31)21-8-10-22(29)11-9-21/h6,8-11,18-20,23,37H,1,7,12-17H2,2-5H3,(H,30,33)(H,35,36)/t18-,19?,20?,23?,28+/m1/s1. The third kappa shape index (κ3) is 6.12. The Morgan fingerprint density at radius 3 is 2.46 bits per heavy atom. The van der Waals surface area contributed by atoms with E-state index in [9.17, 15) is 24.6 Å². The molecule has 1 saturated carbocycles. The second-order valence-electron chi connectivity index (χ2n) is 11.2. The highest BCUT2D eigenvalue weighted by Crippen LogP contribution is 2.46. The number of benzene rings is 1. The number of piperidine rings is 1. The minimum Gasteiger partial charge on any atom is -0.465 e. The molecule has 3 amide bonds. The lowest BCUT2D eigenvalue weighted by Crippen LogP contribution is -2.58. The molecule has 204 valence electrons. The van der Waals surface area contributed by atoms with E-state index in [0.717, 1.165) is 5.56 Å². The van der Waals surface area contributed by atoms with Gasteiger partial charge in [0.15, 0.2) is 0 Å². The highest BCUT2D eigenvalue weighted by molar-refractivity contribution is 6.30. The quantitative estimate of drug-likeness (QED) is 0.432. The van der Waals surface area contributed by atoms with Gasteiger partial charge in [-0.1, -0.05) is 50.6 Å². The van der Waals surface area contributed by atoms with E-state index in [-0.39, 0.29) is 36.4 Å². The van der Waals surface area contributed by atoms with E-state index in [1.165, 1.54) is 4.90 Å². The van der Waals surface area contributed by atoms with Crippen molar-refractivity contribution in [2.75, 3.05) is 19.6 Å². The second kappa shape index (κ2) is 11.4. The van der Waals surface area contributed by atoms with Gasteiger partial charge >= 0.3 is 6.09 Å². The fraction of sp³-hybridized carbons (Fsp3) is 0.607. The number of carboxylic acid groups (broad SMARTS) is 1. The molecule has 5 atom stereocenters. The van der Waals surface area contributed by atoms with Crippen molar-refractivity contribution in [1.29, 1.82) is 0 Å². The minimum absolute atomic E-state index is 0.0636. The number of aliphatic hydroxyl groups is 1. The van der Waals surface area contributed by atoms with Crippen LogP contribution in [0.25, 0.3) is 0 Å². The van der Waals surface area contributed by atoms with Crippen LogP contribution in [0.2, 0.25) is 5.02 Å². The van der Waals surface area contributed by atoms with Crippen molar-refractivity contribution in [1.82, 2.24) is 15.1 Å². The molecule has 8 nitrogen and oxygen atoms in total. The molecule has 1 heterocycles. The van der Waals surface area contributed by atoms with Gasteiger partial charge in [-0.2, -0.15) is 0 Å². The van der Waals surface area contributed by atoms with Crippen LogP contribution in [0.1, 0.15) is 58.9 Å². The predicted octanol–water partition coefficient (Wildman–Crippen LogP) is 4.26. The highest BCUT2D eigenvalue weighted by Gasteiger charge is 2.50. The molecule has 1 aliphatic heterocycles. The molecule has 3 unspecified atom stereocenters. The van der Waals surface area contributed by atoms with E-state index in [0.29, 0.717) is 43.8 Å². The SMILES string of the molecule is C=CCN(C(=O)O)C1CCC(C(=O)NC(C)[C@@H](C)C(=O)N2CC[C@](O)(c3ccc(Cl)cc3)C(C)(C)C2)C1. The van der Waals surface area contributed by atoms with E-state index >= 15 is 0 Å². The van der Waals surface area contributed by atoms with Crippen molar-refractivity contribution < 1.29 is 24.6 Å². The Morgan fingerprint density at radius 1 is 1.24 bits per heavy atom. The number of hydrogen-bond donors (Lipinski definition) is 3. The van der Waals surface area contributed by atoms with Crippen LogP contribution in [0.5, 0.6) is 0 Å². The molecule has 3 N–H and O–H groups in total. The highest BCUT2D eigenvalue weighted by atomic mass is 35.5. The van der Waals surface area contributed by atoms with Crippen molar-refractivity contribution in [3.8, 4) is 0 Å². The molecule has 1 aromatic rings. The van der Waals surface area contributed by atoms with E-state index in [1.54, 1.807) is 23.1 Å². The molecule has 37 heavy (non-hydrogen) atoms. The molecule has 9 heteroatoms. The average Bonchev–Trinajstić information content (AvgIpc) is 3.33. The Kier molecular flexibility index (Phi) is 8.96. The first kappa shape index (κ1) is 29.0. The zero-order valence-electron chi connectivity index (χ0n) is 22.2. The molecule has 0 spiro atoms. The van der Waals surface area contributed by atoms with Crippen LogP contribution in [0.3, 0.4) is 0 Å². The number of hydrogen-bond acceptors (Lipinski definition) is 4. The zero-order valence-corrected chi connectivity index (χ0v) is 23.0. The number of halogens is 1. The third-order valence-corrected chi connectivity index (χ3v) is 8.63. The van der Waals surface area contributed by atoms with Crippen molar-refractivity contribution in [3.63, 3.8) is 0 Å². The number of carbonyl (C=O) groups is 3. The summed E-state index contributed by atoms with van der Waals surface area (Å²) in [6.45, 7) is 12.2. The Bertz CT molecular complexity index is 1010. The maximum Gasteiger partial charge on any atom is 0.407 e. The number of rotatable bonds is 8. The summed E-state index contributed by atoms with van der Waals surface area (Å²) in [6, 6.07) is 6.60. The first-order valence-electron chi connectivity index (χ1n) is 13.0. The van der Waals surface area contributed by atoms with Gasteiger partial charge in [-0.25, -0.2) is 4.79 Å². The molecule has 3 rings (SSSR count). The lowest BCUT2D eigenvalue weighted by molar-refractivity contribution is -0.156. The summed E-state index contributed by atoms with van der Waals surface area (Å²) in [5.41, 5.74) is -0.903. The maximum atomic E-state index is 13.4. The first-order valence-corrected chi connectivity index (χ1v) is 13.4. The third-order valence-electron chi connectivity index (χ3n) is 8.38. The summed E-state index contributed by atoms with van der Waals surface area (Å²) < 4.78 is 0. The number of amides is 3. The van der Waals surface area contributed by atoms with Crippen LogP contribution >= 0.6 is 11.6 Å². The first-order chi connectivity index (χ1) is 17.3. The topological polar surface area (TPSA) is 110 Å². The van der Waals surface area contributed by atoms with Gasteiger partial charge in [-0.15, -0.1) is 6.58 Å². The Labute approximate surface area is 224 Å². The van der Waals surface area contributed by atoms with Gasteiger partial charge in [0.25, 0.3) is 0 Å². The van der Waals surface area contributed by atoms with Gasteiger partial charge < -0.3 is 25.3 Å². The number of carbonyl (C=O) groups excluding carboxylic acids is 2. The summed E-state index contributed by atoms with van der Waals surface area (Å²) in [6.07, 6.45) is 2.64. The van der Waals surface area contributed by atoms with Crippen LogP contribution in [-0.2, 0) is 15.2 Å².